The van der Waals surface area contributed by atoms with Gasteiger partial charge in [-0.1, -0.05) is 19.8 Å². The van der Waals surface area contributed by atoms with Crippen LogP contribution in [0.25, 0.3) is 0 Å². The van der Waals surface area contributed by atoms with Gasteiger partial charge in [0.15, 0.2) is 0 Å². The molecule has 0 aromatic carbocycles. The third kappa shape index (κ3) is 2.68. The van der Waals surface area contributed by atoms with Gasteiger partial charge in [-0.15, -0.1) is 0 Å². The zero-order valence-corrected chi connectivity index (χ0v) is 11.3. The molecular weight excluding hydrogens is 226 g/mol. The highest BCUT2D eigenvalue weighted by Crippen LogP contribution is 2.24. The molecule has 0 spiro atoms. The number of nitrogen functional groups attached to an aromatic ring is 1. The Bertz CT molecular complexity index is 425. The number of nitrogens with one attached hydrogen (secondary N) is 1. The van der Waals surface area contributed by atoms with Crippen molar-refractivity contribution in [2.24, 2.45) is 5.92 Å². The summed E-state index contributed by atoms with van der Waals surface area (Å²) < 4.78 is 1.90. The minimum Gasteiger partial charge on any atom is -0.397 e. The maximum absolute atomic E-state index is 12.3. The zero-order chi connectivity index (χ0) is 13.1. The summed E-state index contributed by atoms with van der Waals surface area (Å²) in [5.41, 5.74) is 7.08. The predicted molar refractivity (Wildman–Crippen MR) is 73.4 cm³/mol. The molecule has 0 radical (unpaired) electrons. The van der Waals surface area contributed by atoms with E-state index < -0.39 is 0 Å². The molecule has 2 atom stereocenters. The van der Waals surface area contributed by atoms with Crippen LogP contribution in [-0.2, 0) is 6.54 Å². The van der Waals surface area contributed by atoms with Crippen molar-refractivity contribution in [1.82, 2.24) is 9.88 Å². The minimum absolute atomic E-state index is 0.00676. The van der Waals surface area contributed by atoms with Gasteiger partial charge in [-0.2, -0.15) is 0 Å². The molecule has 1 aromatic rings. The Balaban J connectivity index is 2.06. The number of hydrogen-bond donors (Lipinski definition) is 2. The predicted octanol–water partition coefficient (Wildman–Crippen LogP) is 2.40. The van der Waals surface area contributed by atoms with E-state index in [1.54, 1.807) is 6.07 Å². The summed E-state index contributed by atoms with van der Waals surface area (Å²) in [5.74, 6) is 0.581. The maximum Gasteiger partial charge on any atom is 0.268 e. The fraction of sp³-hybridized carbons (Fsp3) is 0.643. The fourth-order valence-corrected chi connectivity index (χ4v) is 2.76. The van der Waals surface area contributed by atoms with Crippen LogP contribution in [0.1, 0.15) is 50.0 Å². The van der Waals surface area contributed by atoms with Gasteiger partial charge in [0, 0.05) is 18.8 Å². The smallest absolute Gasteiger partial charge is 0.268 e. The summed E-state index contributed by atoms with van der Waals surface area (Å²) in [7, 11) is 0. The topological polar surface area (TPSA) is 60.0 Å². The molecule has 1 fully saturated rings. The molecule has 1 heterocycles. The molecule has 4 nitrogen and oxygen atoms in total. The van der Waals surface area contributed by atoms with Crippen molar-refractivity contribution in [2.45, 2.75) is 52.1 Å². The molecule has 0 bridgehead atoms. The molecule has 1 saturated carbocycles. The summed E-state index contributed by atoms with van der Waals surface area (Å²) in [4.78, 5) is 12.3. The number of anilines is 1. The number of rotatable bonds is 3. The number of carbonyl (C=O) groups is 1. The van der Waals surface area contributed by atoms with E-state index in [0.717, 1.165) is 13.0 Å². The van der Waals surface area contributed by atoms with Crippen LogP contribution in [0.5, 0.6) is 0 Å². The van der Waals surface area contributed by atoms with E-state index in [0.29, 0.717) is 23.3 Å². The Hall–Kier alpha value is -1.45. The van der Waals surface area contributed by atoms with Crippen LogP contribution in [0.15, 0.2) is 12.3 Å². The van der Waals surface area contributed by atoms with Crippen LogP contribution < -0.4 is 11.1 Å². The van der Waals surface area contributed by atoms with Crippen LogP contribution in [0.4, 0.5) is 5.69 Å². The SMILES string of the molecule is CCn1cc(N)cc1C(=O)NC1CCCCC1C. The van der Waals surface area contributed by atoms with Gasteiger partial charge in [0.25, 0.3) is 5.91 Å². The van der Waals surface area contributed by atoms with Crippen LogP contribution >= 0.6 is 0 Å². The quantitative estimate of drug-likeness (QED) is 0.864. The largest absolute Gasteiger partial charge is 0.397 e. The van der Waals surface area contributed by atoms with E-state index in [1.807, 2.05) is 17.7 Å². The lowest BCUT2D eigenvalue weighted by Gasteiger charge is -2.29. The van der Waals surface area contributed by atoms with Crippen LogP contribution in [-0.4, -0.2) is 16.5 Å². The lowest BCUT2D eigenvalue weighted by Crippen LogP contribution is -2.41. The molecule has 4 heteroatoms. The first-order valence-electron chi connectivity index (χ1n) is 6.88. The Morgan fingerprint density at radius 2 is 2.22 bits per heavy atom. The average Bonchev–Trinajstić information content (AvgIpc) is 2.73. The molecule has 2 unspecified atom stereocenters. The number of aromatic nitrogens is 1. The Labute approximate surface area is 109 Å². The fourth-order valence-electron chi connectivity index (χ4n) is 2.76. The van der Waals surface area contributed by atoms with Crippen LogP contribution in [0.3, 0.4) is 0 Å². The summed E-state index contributed by atoms with van der Waals surface area (Å²) in [6, 6.07) is 2.07. The first-order valence-corrected chi connectivity index (χ1v) is 6.88. The highest BCUT2D eigenvalue weighted by Gasteiger charge is 2.24. The van der Waals surface area contributed by atoms with E-state index in [1.165, 1.54) is 19.3 Å². The summed E-state index contributed by atoms with van der Waals surface area (Å²) in [6.45, 7) is 5.00. The second-order valence-corrected chi connectivity index (χ2v) is 5.29. The molecule has 18 heavy (non-hydrogen) atoms. The monoisotopic (exact) mass is 249 g/mol. The second-order valence-electron chi connectivity index (χ2n) is 5.29. The zero-order valence-electron chi connectivity index (χ0n) is 11.3. The molecule has 1 aliphatic rings. The molecule has 1 amide bonds. The average molecular weight is 249 g/mol. The second kappa shape index (κ2) is 5.46. The van der Waals surface area contributed by atoms with Crippen molar-refractivity contribution in [3.05, 3.63) is 18.0 Å². The van der Waals surface area contributed by atoms with Crippen molar-refractivity contribution in [2.75, 3.05) is 5.73 Å². The molecule has 0 saturated heterocycles. The number of nitrogens with zero attached hydrogens (tertiary/aromatic N) is 1. The van der Waals surface area contributed by atoms with Gasteiger partial charge in [-0.05, 0) is 31.7 Å². The molecule has 1 aliphatic carbocycles. The summed E-state index contributed by atoms with van der Waals surface area (Å²) >= 11 is 0. The van der Waals surface area contributed by atoms with E-state index in [-0.39, 0.29) is 5.91 Å². The van der Waals surface area contributed by atoms with Gasteiger partial charge in [-0.3, -0.25) is 4.79 Å². The third-order valence-corrected chi connectivity index (χ3v) is 3.92. The number of carbonyl (C=O) groups excluding carboxylic acids is 1. The molecule has 3 N–H and O–H groups in total. The van der Waals surface area contributed by atoms with Gasteiger partial charge < -0.3 is 15.6 Å². The van der Waals surface area contributed by atoms with Crippen molar-refractivity contribution in [3.8, 4) is 0 Å². The van der Waals surface area contributed by atoms with Crippen LogP contribution in [0, 0.1) is 5.92 Å². The van der Waals surface area contributed by atoms with Gasteiger partial charge in [0.05, 0.1) is 5.69 Å². The molecule has 0 aliphatic heterocycles. The van der Waals surface area contributed by atoms with E-state index in [4.69, 9.17) is 5.73 Å². The van der Waals surface area contributed by atoms with E-state index >= 15 is 0 Å². The Morgan fingerprint density at radius 1 is 1.50 bits per heavy atom. The van der Waals surface area contributed by atoms with E-state index in [9.17, 15) is 4.79 Å². The van der Waals surface area contributed by atoms with Crippen LogP contribution in [0.2, 0.25) is 0 Å². The summed E-state index contributed by atoms with van der Waals surface area (Å²) in [5, 5.41) is 3.16. The van der Waals surface area contributed by atoms with Crippen molar-refractivity contribution < 1.29 is 4.79 Å². The Kier molecular flexibility index (Phi) is 3.94. The lowest BCUT2D eigenvalue weighted by molar-refractivity contribution is 0.0901. The first-order chi connectivity index (χ1) is 8.61. The maximum atomic E-state index is 12.3. The summed E-state index contributed by atoms with van der Waals surface area (Å²) in [6.07, 6.45) is 6.62. The van der Waals surface area contributed by atoms with Crippen molar-refractivity contribution in [1.29, 1.82) is 0 Å². The van der Waals surface area contributed by atoms with Gasteiger partial charge >= 0.3 is 0 Å². The van der Waals surface area contributed by atoms with Crippen molar-refractivity contribution in [3.63, 3.8) is 0 Å². The third-order valence-electron chi connectivity index (χ3n) is 3.92. The standard InChI is InChI=1S/C14H23N3O/c1-3-17-9-11(15)8-13(17)14(18)16-12-7-5-4-6-10(12)2/h8-10,12H,3-7,15H2,1-2H3,(H,16,18). The molecule has 100 valence electrons. The Morgan fingerprint density at radius 3 is 2.89 bits per heavy atom. The highest BCUT2D eigenvalue weighted by molar-refractivity contribution is 5.94. The first kappa shape index (κ1) is 13.0. The van der Waals surface area contributed by atoms with E-state index in [2.05, 4.69) is 12.2 Å². The molecular formula is C14H23N3O. The van der Waals surface area contributed by atoms with Gasteiger partial charge in [0.1, 0.15) is 5.69 Å². The van der Waals surface area contributed by atoms with Gasteiger partial charge in [0.2, 0.25) is 0 Å². The number of nitrogens with two attached hydrogens (primary N) is 1. The number of aryl methyl sites for hydroxylation is 1. The number of hydrogen-bond acceptors (Lipinski definition) is 2. The number of amides is 1. The highest BCUT2D eigenvalue weighted by atomic mass is 16.2. The lowest BCUT2D eigenvalue weighted by atomic mass is 9.86. The molecule has 1 aromatic heterocycles. The van der Waals surface area contributed by atoms with Gasteiger partial charge in [-0.25, -0.2) is 0 Å². The minimum atomic E-state index is 0.00676. The molecule has 2 rings (SSSR count). The van der Waals surface area contributed by atoms with Crippen molar-refractivity contribution >= 4 is 11.6 Å². The normalized spacial score (nSPS) is 23.9.